The quantitative estimate of drug-likeness (QED) is 0.603. The molecule has 2 N–H and O–H groups in total. The Balaban J connectivity index is 1.78. The summed E-state index contributed by atoms with van der Waals surface area (Å²) in [4.78, 5) is 0. The predicted octanol–water partition coefficient (Wildman–Crippen LogP) is 5.13. The normalized spacial score (nSPS) is 28.9. The van der Waals surface area contributed by atoms with Gasteiger partial charge in [-0.15, -0.1) is 0 Å². The summed E-state index contributed by atoms with van der Waals surface area (Å²) in [5.74, 6) is 6.36. The van der Waals surface area contributed by atoms with Crippen molar-refractivity contribution < 1.29 is 5.11 Å². The number of aliphatic hydroxyl groups is 1. The van der Waals surface area contributed by atoms with Crippen molar-refractivity contribution in [1.29, 1.82) is 0 Å². The zero-order chi connectivity index (χ0) is 20.3. The summed E-state index contributed by atoms with van der Waals surface area (Å²) in [7, 11) is 0. The highest BCUT2D eigenvalue weighted by Gasteiger charge is 2.50. The van der Waals surface area contributed by atoms with Gasteiger partial charge < -0.3 is 10.4 Å². The lowest BCUT2D eigenvalue weighted by atomic mass is 9.66. The molecule has 0 radical (unpaired) electrons. The van der Waals surface area contributed by atoms with E-state index in [1.54, 1.807) is 0 Å². The first-order valence-electron chi connectivity index (χ1n) is 10.3. The van der Waals surface area contributed by atoms with Crippen LogP contribution in [0.1, 0.15) is 42.6 Å². The van der Waals surface area contributed by atoms with E-state index >= 15 is 0 Å². The van der Waals surface area contributed by atoms with Gasteiger partial charge in [-0.1, -0.05) is 105 Å². The molecule has 1 saturated heterocycles. The largest absolute Gasteiger partial charge is 0.377 e. The Morgan fingerprint density at radius 1 is 0.690 bits per heavy atom. The van der Waals surface area contributed by atoms with Gasteiger partial charge in [0.05, 0.1) is 0 Å². The predicted molar refractivity (Wildman–Crippen MR) is 118 cm³/mol. The van der Waals surface area contributed by atoms with Crippen molar-refractivity contribution in [1.82, 2.24) is 5.32 Å². The fraction of sp³-hybridized carbons (Fsp3) is 0.259. The molecule has 0 aliphatic carbocycles. The zero-order valence-electron chi connectivity index (χ0n) is 16.9. The van der Waals surface area contributed by atoms with Crippen LogP contribution in [0.5, 0.6) is 0 Å². The molecule has 0 saturated carbocycles. The van der Waals surface area contributed by atoms with Crippen molar-refractivity contribution in [2.75, 3.05) is 0 Å². The summed E-state index contributed by atoms with van der Waals surface area (Å²) < 4.78 is 0. The van der Waals surface area contributed by atoms with Gasteiger partial charge in [-0.3, -0.25) is 0 Å². The third-order valence-corrected chi connectivity index (χ3v) is 6.25. The zero-order valence-corrected chi connectivity index (χ0v) is 16.9. The Morgan fingerprint density at radius 3 is 1.55 bits per heavy atom. The molecule has 5 atom stereocenters. The van der Waals surface area contributed by atoms with Gasteiger partial charge in [-0.2, -0.15) is 0 Å². The molecular weight excluding hydrogens is 354 g/mol. The lowest BCUT2D eigenvalue weighted by Gasteiger charge is -2.49. The van der Waals surface area contributed by atoms with Crippen LogP contribution < -0.4 is 5.32 Å². The molecule has 29 heavy (non-hydrogen) atoms. The molecule has 0 aromatic heterocycles. The molecule has 2 heteroatoms. The molecule has 0 bridgehead atoms. The molecule has 1 unspecified atom stereocenters. The molecule has 1 heterocycles. The molecule has 3 aromatic rings. The van der Waals surface area contributed by atoms with Gasteiger partial charge in [-0.05, 0) is 23.3 Å². The van der Waals surface area contributed by atoms with Crippen molar-refractivity contribution in [3.63, 3.8) is 0 Å². The number of hydrogen-bond donors (Lipinski definition) is 2. The number of piperidine rings is 1. The minimum atomic E-state index is -1.12. The van der Waals surface area contributed by atoms with Gasteiger partial charge in [0, 0.05) is 29.5 Å². The highest BCUT2D eigenvalue weighted by Crippen LogP contribution is 2.46. The molecule has 146 valence electrons. The van der Waals surface area contributed by atoms with Crippen LogP contribution in [0.25, 0.3) is 0 Å². The minimum Gasteiger partial charge on any atom is -0.377 e. The van der Waals surface area contributed by atoms with E-state index in [1.165, 1.54) is 11.1 Å². The topological polar surface area (TPSA) is 32.3 Å². The molecule has 3 aromatic carbocycles. The number of hydrogen-bond acceptors (Lipinski definition) is 2. The second-order valence-electron chi connectivity index (χ2n) is 7.96. The highest BCUT2D eigenvalue weighted by atomic mass is 16.3. The Bertz CT molecular complexity index is 937. The third kappa shape index (κ3) is 3.85. The van der Waals surface area contributed by atoms with E-state index in [1.807, 2.05) is 66.7 Å². The van der Waals surface area contributed by atoms with Crippen LogP contribution in [-0.4, -0.2) is 10.7 Å². The lowest BCUT2D eigenvalue weighted by Crippen LogP contribution is -2.57. The maximum atomic E-state index is 11.9. The van der Waals surface area contributed by atoms with Crippen molar-refractivity contribution in [2.45, 2.75) is 31.5 Å². The van der Waals surface area contributed by atoms with E-state index in [4.69, 9.17) is 0 Å². The van der Waals surface area contributed by atoms with Gasteiger partial charge >= 0.3 is 0 Å². The molecule has 1 aliphatic heterocycles. The SMILES string of the molecule is C[C@@H]1[C@H](c2ccccc2)N[C@H](c2ccccc2)[C@H](C)C1(O)C#Cc1ccccc1. The first-order valence-corrected chi connectivity index (χ1v) is 10.3. The van der Waals surface area contributed by atoms with E-state index in [2.05, 4.69) is 55.3 Å². The van der Waals surface area contributed by atoms with Crippen LogP contribution >= 0.6 is 0 Å². The highest BCUT2D eigenvalue weighted by molar-refractivity contribution is 5.39. The second-order valence-corrected chi connectivity index (χ2v) is 7.96. The number of nitrogens with one attached hydrogen (secondary N) is 1. The molecule has 0 spiro atoms. The minimum absolute atomic E-state index is 0.00711. The molecule has 4 rings (SSSR count). The van der Waals surface area contributed by atoms with Gasteiger partial charge in [0.1, 0.15) is 5.60 Å². The molecular formula is C27H27NO. The molecule has 0 amide bonds. The van der Waals surface area contributed by atoms with Gasteiger partial charge in [0.15, 0.2) is 0 Å². The standard InChI is InChI=1S/C27H27NO/c1-20-25(23-14-8-4-9-15-23)28-26(24-16-10-5-11-17-24)21(2)27(20,29)19-18-22-12-6-3-7-13-22/h3-17,20-21,25-26,28-29H,1-2H3/t20-,21+,25-,26+,27?. The fourth-order valence-corrected chi connectivity index (χ4v) is 4.42. The molecule has 2 nitrogen and oxygen atoms in total. The average molecular weight is 382 g/mol. The summed E-state index contributed by atoms with van der Waals surface area (Å²) in [5, 5.41) is 15.7. The third-order valence-electron chi connectivity index (χ3n) is 6.25. The smallest absolute Gasteiger partial charge is 0.134 e. The van der Waals surface area contributed by atoms with Gasteiger partial charge in [0.2, 0.25) is 0 Å². The maximum Gasteiger partial charge on any atom is 0.134 e. The Labute approximate surface area is 173 Å². The number of benzene rings is 3. The Kier molecular flexibility index (Phi) is 5.53. The van der Waals surface area contributed by atoms with Gasteiger partial charge in [0.25, 0.3) is 0 Å². The second kappa shape index (κ2) is 8.25. The Morgan fingerprint density at radius 2 is 1.10 bits per heavy atom. The van der Waals surface area contributed by atoms with E-state index in [-0.39, 0.29) is 23.9 Å². The Hall–Kier alpha value is -2.86. The van der Waals surface area contributed by atoms with E-state index in [9.17, 15) is 5.11 Å². The van der Waals surface area contributed by atoms with Crippen LogP contribution in [0.2, 0.25) is 0 Å². The van der Waals surface area contributed by atoms with Crippen LogP contribution in [0.15, 0.2) is 91.0 Å². The van der Waals surface area contributed by atoms with Crippen LogP contribution in [0.4, 0.5) is 0 Å². The summed E-state index contributed by atoms with van der Waals surface area (Å²) in [5.41, 5.74) is 2.15. The summed E-state index contributed by atoms with van der Waals surface area (Å²) >= 11 is 0. The van der Waals surface area contributed by atoms with E-state index < -0.39 is 5.60 Å². The summed E-state index contributed by atoms with van der Waals surface area (Å²) in [6.45, 7) is 4.20. The van der Waals surface area contributed by atoms with Crippen molar-refractivity contribution in [3.8, 4) is 11.8 Å². The lowest BCUT2D eigenvalue weighted by molar-refractivity contribution is -0.0646. The first-order chi connectivity index (χ1) is 14.1. The van der Waals surface area contributed by atoms with E-state index in [0.717, 1.165) is 5.56 Å². The number of rotatable bonds is 2. The average Bonchev–Trinajstić information content (AvgIpc) is 2.78. The molecule has 1 fully saturated rings. The van der Waals surface area contributed by atoms with Crippen molar-refractivity contribution in [3.05, 3.63) is 108 Å². The monoisotopic (exact) mass is 381 g/mol. The van der Waals surface area contributed by atoms with Crippen molar-refractivity contribution >= 4 is 0 Å². The fourth-order valence-electron chi connectivity index (χ4n) is 4.42. The summed E-state index contributed by atoms with van der Waals surface area (Å²) in [6, 6.07) is 30.6. The molecule has 1 aliphatic rings. The maximum absolute atomic E-state index is 11.9. The summed E-state index contributed by atoms with van der Waals surface area (Å²) in [6.07, 6.45) is 0. The van der Waals surface area contributed by atoms with Gasteiger partial charge in [-0.25, -0.2) is 0 Å². The van der Waals surface area contributed by atoms with Crippen LogP contribution in [-0.2, 0) is 0 Å². The van der Waals surface area contributed by atoms with Crippen molar-refractivity contribution in [2.24, 2.45) is 11.8 Å². The van der Waals surface area contributed by atoms with E-state index in [0.29, 0.717) is 0 Å². The van der Waals surface area contributed by atoms with Crippen LogP contribution in [0, 0.1) is 23.7 Å². The van der Waals surface area contributed by atoms with Crippen LogP contribution in [0.3, 0.4) is 0 Å². The first kappa shape index (κ1) is 19.5.